The summed E-state index contributed by atoms with van der Waals surface area (Å²) in [5.41, 5.74) is 1.34. The number of aryl methyl sites for hydroxylation is 2. The normalized spacial score (nSPS) is 13.4. The van der Waals surface area contributed by atoms with Crippen molar-refractivity contribution in [2.24, 2.45) is 0 Å². The quantitative estimate of drug-likeness (QED) is 0.811. The molecule has 1 aromatic carbocycles. The zero-order valence-electron chi connectivity index (χ0n) is 12.8. The Bertz CT molecular complexity index is 749. The van der Waals surface area contributed by atoms with Gasteiger partial charge >= 0.3 is 5.97 Å². The van der Waals surface area contributed by atoms with Crippen molar-refractivity contribution in [1.82, 2.24) is 5.06 Å². The molecule has 3 rings (SSSR count). The van der Waals surface area contributed by atoms with Crippen LogP contribution in [0.4, 0.5) is 0 Å². The van der Waals surface area contributed by atoms with E-state index in [0.29, 0.717) is 23.7 Å². The number of nitrogens with zero attached hydrogens (tertiary/aromatic N) is 1. The van der Waals surface area contributed by atoms with Crippen LogP contribution in [-0.4, -0.2) is 22.8 Å². The Morgan fingerprint density at radius 1 is 1.09 bits per heavy atom. The summed E-state index contributed by atoms with van der Waals surface area (Å²) in [6, 6.07) is 7.90. The van der Waals surface area contributed by atoms with Crippen LogP contribution in [0.25, 0.3) is 0 Å². The molecule has 0 fully saturated rings. The van der Waals surface area contributed by atoms with Gasteiger partial charge in [-0.25, -0.2) is 4.79 Å². The second-order valence-electron chi connectivity index (χ2n) is 5.10. The van der Waals surface area contributed by atoms with E-state index in [2.05, 4.69) is 0 Å². The van der Waals surface area contributed by atoms with Crippen LogP contribution in [0, 0.1) is 0 Å². The number of benzene rings is 1. The fraction of sp³-hybridized carbons (Fsp3) is 0.235. The maximum absolute atomic E-state index is 12.2. The Labute approximate surface area is 132 Å². The van der Waals surface area contributed by atoms with Gasteiger partial charge in [0.05, 0.1) is 11.1 Å². The van der Waals surface area contributed by atoms with E-state index in [4.69, 9.17) is 9.25 Å². The van der Waals surface area contributed by atoms with Crippen LogP contribution in [0.15, 0.2) is 34.7 Å². The largest absolute Gasteiger partial charge is 0.454 e. The SMILES string of the molecule is CCc1cc(C(=O)ON2C(=O)c3ccccc3C2=O)oc1CC. The summed E-state index contributed by atoms with van der Waals surface area (Å²) in [4.78, 5) is 41.5. The van der Waals surface area contributed by atoms with Crippen LogP contribution in [0.1, 0.15) is 56.4 Å². The van der Waals surface area contributed by atoms with Crippen molar-refractivity contribution in [2.75, 3.05) is 0 Å². The van der Waals surface area contributed by atoms with E-state index in [1.165, 1.54) is 12.1 Å². The number of carbonyl (C=O) groups is 3. The van der Waals surface area contributed by atoms with Gasteiger partial charge in [0.2, 0.25) is 5.76 Å². The number of rotatable bonds is 4. The maximum Gasteiger partial charge on any atom is 0.399 e. The minimum atomic E-state index is -0.867. The van der Waals surface area contributed by atoms with Crippen molar-refractivity contribution in [3.05, 3.63) is 58.5 Å². The fourth-order valence-electron chi connectivity index (χ4n) is 2.54. The highest BCUT2D eigenvalue weighted by molar-refractivity contribution is 6.21. The average Bonchev–Trinajstić information content (AvgIpc) is 3.10. The van der Waals surface area contributed by atoms with Crippen LogP contribution in [0.2, 0.25) is 0 Å². The van der Waals surface area contributed by atoms with Gasteiger partial charge in [-0.3, -0.25) is 9.59 Å². The van der Waals surface area contributed by atoms with Crippen molar-refractivity contribution in [3.63, 3.8) is 0 Å². The first kappa shape index (κ1) is 15.0. The molecular weight excluding hydrogens is 298 g/mol. The first-order valence-corrected chi connectivity index (χ1v) is 7.38. The van der Waals surface area contributed by atoms with E-state index in [0.717, 1.165) is 5.56 Å². The fourth-order valence-corrected chi connectivity index (χ4v) is 2.54. The number of furan rings is 1. The Morgan fingerprint density at radius 3 is 2.17 bits per heavy atom. The van der Waals surface area contributed by atoms with Crippen molar-refractivity contribution >= 4 is 17.8 Å². The summed E-state index contributed by atoms with van der Waals surface area (Å²) in [6.07, 6.45) is 1.36. The second kappa shape index (κ2) is 5.72. The highest BCUT2D eigenvalue weighted by Crippen LogP contribution is 2.24. The molecule has 0 spiro atoms. The number of carbonyl (C=O) groups excluding carboxylic acids is 3. The minimum absolute atomic E-state index is 0.0183. The zero-order chi connectivity index (χ0) is 16.6. The number of hydroxylamine groups is 2. The Kier molecular flexibility index (Phi) is 3.73. The molecule has 6 heteroatoms. The van der Waals surface area contributed by atoms with E-state index in [-0.39, 0.29) is 16.9 Å². The third-order valence-corrected chi connectivity index (χ3v) is 3.73. The number of hydrogen-bond donors (Lipinski definition) is 0. The molecule has 1 aliphatic rings. The summed E-state index contributed by atoms with van der Waals surface area (Å²) in [5.74, 6) is -1.50. The molecule has 2 heterocycles. The molecule has 0 radical (unpaired) electrons. The van der Waals surface area contributed by atoms with Crippen molar-refractivity contribution in [1.29, 1.82) is 0 Å². The molecule has 1 aromatic heterocycles. The minimum Gasteiger partial charge on any atom is -0.454 e. The average molecular weight is 313 g/mol. The monoisotopic (exact) mass is 313 g/mol. The molecule has 6 nitrogen and oxygen atoms in total. The lowest BCUT2D eigenvalue weighted by Crippen LogP contribution is -2.32. The molecule has 0 atom stereocenters. The zero-order valence-corrected chi connectivity index (χ0v) is 12.8. The summed E-state index contributed by atoms with van der Waals surface area (Å²) >= 11 is 0. The van der Waals surface area contributed by atoms with E-state index in [1.54, 1.807) is 18.2 Å². The van der Waals surface area contributed by atoms with Gasteiger partial charge in [-0.15, -0.1) is 0 Å². The lowest BCUT2D eigenvalue weighted by Gasteiger charge is -2.11. The molecule has 118 valence electrons. The molecule has 0 N–H and O–H groups in total. The van der Waals surface area contributed by atoms with E-state index in [9.17, 15) is 14.4 Å². The molecule has 23 heavy (non-hydrogen) atoms. The van der Waals surface area contributed by atoms with Crippen molar-refractivity contribution in [2.45, 2.75) is 26.7 Å². The Balaban J connectivity index is 1.83. The van der Waals surface area contributed by atoms with Crippen LogP contribution < -0.4 is 0 Å². The van der Waals surface area contributed by atoms with Gasteiger partial charge in [-0.05, 0) is 30.2 Å². The molecule has 1 aliphatic heterocycles. The predicted molar refractivity (Wildman–Crippen MR) is 79.8 cm³/mol. The highest BCUT2D eigenvalue weighted by Gasteiger charge is 2.39. The molecule has 0 saturated heterocycles. The summed E-state index contributed by atoms with van der Waals surface area (Å²) in [5, 5.41) is 0.479. The Hall–Kier alpha value is -2.89. The topological polar surface area (TPSA) is 76.8 Å². The molecule has 0 bridgehead atoms. The molecule has 0 aliphatic carbocycles. The highest BCUT2D eigenvalue weighted by atomic mass is 16.7. The lowest BCUT2D eigenvalue weighted by atomic mass is 10.1. The van der Waals surface area contributed by atoms with Gasteiger partial charge in [-0.2, -0.15) is 0 Å². The van der Waals surface area contributed by atoms with Gasteiger partial charge < -0.3 is 9.25 Å². The van der Waals surface area contributed by atoms with Crippen LogP contribution >= 0.6 is 0 Å². The van der Waals surface area contributed by atoms with E-state index < -0.39 is 17.8 Å². The molecule has 0 saturated carbocycles. The van der Waals surface area contributed by atoms with Gasteiger partial charge in [-0.1, -0.05) is 31.0 Å². The standard InChI is InChI=1S/C17H15NO5/c1-3-10-9-14(22-13(10)4-2)17(21)23-18-15(19)11-7-5-6-8-12(11)16(18)20/h5-9H,3-4H2,1-2H3. The molecule has 2 amide bonds. The number of hydrogen-bond acceptors (Lipinski definition) is 5. The third kappa shape index (κ3) is 2.42. The maximum atomic E-state index is 12.2. The molecular formula is C17H15NO5. The first-order chi connectivity index (χ1) is 11.1. The van der Waals surface area contributed by atoms with Gasteiger partial charge in [0, 0.05) is 6.42 Å². The smallest absolute Gasteiger partial charge is 0.399 e. The third-order valence-electron chi connectivity index (χ3n) is 3.73. The summed E-state index contributed by atoms with van der Waals surface area (Å²) < 4.78 is 5.45. The lowest BCUT2D eigenvalue weighted by molar-refractivity contribution is -0.0603. The number of amides is 2. The van der Waals surface area contributed by atoms with Gasteiger partial charge in [0.15, 0.2) is 0 Å². The number of imide groups is 1. The first-order valence-electron chi connectivity index (χ1n) is 7.38. The number of fused-ring (bicyclic) bond motifs is 1. The van der Waals surface area contributed by atoms with Gasteiger partial charge in [0.25, 0.3) is 11.8 Å². The van der Waals surface area contributed by atoms with E-state index >= 15 is 0 Å². The van der Waals surface area contributed by atoms with Crippen molar-refractivity contribution in [3.8, 4) is 0 Å². The summed E-state index contributed by atoms with van der Waals surface area (Å²) in [7, 11) is 0. The van der Waals surface area contributed by atoms with Gasteiger partial charge in [0.1, 0.15) is 5.76 Å². The predicted octanol–water partition coefficient (Wildman–Crippen LogP) is 2.77. The van der Waals surface area contributed by atoms with Crippen molar-refractivity contribution < 1.29 is 23.6 Å². The van der Waals surface area contributed by atoms with Crippen LogP contribution in [0.5, 0.6) is 0 Å². The summed E-state index contributed by atoms with van der Waals surface area (Å²) in [6.45, 7) is 3.86. The Morgan fingerprint density at radius 2 is 1.70 bits per heavy atom. The van der Waals surface area contributed by atoms with Crippen LogP contribution in [-0.2, 0) is 17.7 Å². The van der Waals surface area contributed by atoms with E-state index in [1.807, 2.05) is 13.8 Å². The van der Waals surface area contributed by atoms with Crippen LogP contribution in [0.3, 0.4) is 0 Å². The molecule has 0 unspecified atom stereocenters. The second-order valence-corrected chi connectivity index (χ2v) is 5.10. The molecule has 2 aromatic rings.